The summed E-state index contributed by atoms with van der Waals surface area (Å²) < 4.78 is 5.99. The fourth-order valence-electron chi connectivity index (χ4n) is 2.12. The predicted octanol–water partition coefficient (Wildman–Crippen LogP) is 2.40. The highest BCUT2D eigenvalue weighted by Gasteiger charge is 2.31. The molecule has 7 heteroatoms. The van der Waals surface area contributed by atoms with Crippen LogP contribution in [0.2, 0.25) is 0 Å². The van der Waals surface area contributed by atoms with Gasteiger partial charge in [0.05, 0.1) is 18.7 Å². The van der Waals surface area contributed by atoms with Crippen LogP contribution in [-0.4, -0.2) is 42.2 Å². The first kappa shape index (κ1) is 14.6. The quantitative estimate of drug-likeness (QED) is 0.883. The topological polar surface area (TPSA) is 78.9 Å². The molecule has 2 amide bonds. The molecule has 1 aliphatic heterocycles. The third-order valence-corrected chi connectivity index (χ3v) is 3.72. The number of halogens is 1. The highest BCUT2D eigenvalue weighted by Crippen LogP contribution is 2.28. The van der Waals surface area contributed by atoms with Crippen LogP contribution in [0.4, 0.5) is 10.5 Å². The van der Waals surface area contributed by atoms with E-state index in [4.69, 9.17) is 9.84 Å². The van der Waals surface area contributed by atoms with Gasteiger partial charge in [0.2, 0.25) is 0 Å². The highest BCUT2D eigenvalue weighted by atomic mass is 79.9. The Kier molecular flexibility index (Phi) is 4.49. The number of urea groups is 1. The third-order valence-electron chi connectivity index (χ3n) is 3.23. The number of ether oxygens (including phenoxy) is 1. The number of methoxy groups -OCH3 is 1. The van der Waals surface area contributed by atoms with Crippen molar-refractivity contribution in [2.24, 2.45) is 5.92 Å². The number of nitrogens with one attached hydrogen (secondary N) is 1. The first-order valence-corrected chi connectivity index (χ1v) is 6.93. The van der Waals surface area contributed by atoms with E-state index < -0.39 is 11.9 Å². The van der Waals surface area contributed by atoms with Gasteiger partial charge in [-0.05, 0) is 24.6 Å². The zero-order valence-electron chi connectivity index (χ0n) is 10.9. The largest absolute Gasteiger partial charge is 0.495 e. The Morgan fingerprint density at radius 2 is 2.25 bits per heavy atom. The van der Waals surface area contributed by atoms with E-state index in [-0.39, 0.29) is 12.6 Å². The van der Waals surface area contributed by atoms with Crippen molar-refractivity contribution in [3.63, 3.8) is 0 Å². The Morgan fingerprint density at radius 3 is 2.85 bits per heavy atom. The molecule has 0 bridgehead atoms. The second-order valence-corrected chi connectivity index (χ2v) is 5.46. The molecular formula is C13H15BrN2O4. The van der Waals surface area contributed by atoms with Crippen LogP contribution >= 0.6 is 15.9 Å². The van der Waals surface area contributed by atoms with Gasteiger partial charge in [0.1, 0.15) is 5.75 Å². The Hall–Kier alpha value is -1.76. The van der Waals surface area contributed by atoms with Crippen LogP contribution in [0.1, 0.15) is 6.42 Å². The summed E-state index contributed by atoms with van der Waals surface area (Å²) >= 11 is 3.33. The molecule has 1 saturated heterocycles. The number of hydrogen-bond donors (Lipinski definition) is 2. The maximum atomic E-state index is 12.1. The van der Waals surface area contributed by atoms with Gasteiger partial charge in [0.25, 0.3) is 0 Å². The molecule has 0 radical (unpaired) electrons. The molecule has 1 atom stereocenters. The lowest BCUT2D eigenvalue weighted by atomic mass is 10.1. The fraction of sp³-hybridized carbons (Fsp3) is 0.385. The standard InChI is InChI=1S/C13H15BrN2O4/c1-20-11-3-2-9(14)6-10(11)15-13(19)16-5-4-8(7-16)12(17)18/h2-3,6,8H,4-5,7H2,1H3,(H,15,19)(H,17,18). The second-order valence-electron chi connectivity index (χ2n) is 4.54. The lowest BCUT2D eigenvalue weighted by molar-refractivity contribution is -0.141. The van der Waals surface area contributed by atoms with Gasteiger partial charge in [-0.25, -0.2) is 4.79 Å². The molecule has 0 aromatic heterocycles. The van der Waals surface area contributed by atoms with Crippen LogP contribution in [0.15, 0.2) is 22.7 Å². The molecule has 0 aliphatic carbocycles. The van der Waals surface area contributed by atoms with Gasteiger partial charge in [-0.2, -0.15) is 0 Å². The summed E-state index contributed by atoms with van der Waals surface area (Å²) in [6.45, 7) is 0.677. The van der Waals surface area contributed by atoms with Crippen molar-refractivity contribution in [2.75, 3.05) is 25.5 Å². The van der Waals surface area contributed by atoms with Gasteiger partial charge < -0.3 is 20.1 Å². The molecule has 1 heterocycles. The Bertz CT molecular complexity index is 535. The highest BCUT2D eigenvalue weighted by molar-refractivity contribution is 9.10. The molecule has 1 aliphatic rings. The van der Waals surface area contributed by atoms with Crippen LogP contribution in [0.5, 0.6) is 5.75 Å². The third kappa shape index (κ3) is 3.22. The summed E-state index contributed by atoms with van der Waals surface area (Å²) in [6, 6.07) is 4.97. The lowest BCUT2D eigenvalue weighted by Gasteiger charge is -2.18. The van der Waals surface area contributed by atoms with E-state index in [2.05, 4.69) is 21.2 Å². The molecule has 0 spiro atoms. The zero-order valence-corrected chi connectivity index (χ0v) is 12.5. The number of benzene rings is 1. The number of aliphatic carboxylic acids is 1. The molecule has 2 N–H and O–H groups in total. The molecule has 1 aromatic rings. The van der Waals surface area contributed by atoms with E-state index >= 15 is 0 Å². The minimum atomic E-state index is -0.861. The second kappa shape index (κ2) is 6.13. The van der Waals surface area contributed by atoms with Crippen LogP contribution in [0, 0.1) is 5.92 Å². The molecule has 0 saturated carbocycles. The van der Waals surface area contributed by atoms with Crippen LogP contribution < -0.4 is 10.1 Å². The maximum absolute atomic E-state index is 12.1. The van der Waals surface area contributed by atoms with E-state index in [9.17, 15) is 9.59 Å². The van der Waals surface area contributed by atoms with E-state index in [1.54, 1.807) is 12.1 Å². The van der Waals surface area contributed by atoms with Gasteiger partial charge >= 0.3 is 12.0 Å². The number of anilines is 1. The maximum Gasteiger partial charge on any atom is 0.321 e. The summed E-state index contributed by atoms with van der Waals surface area (Å²) in [5.74, 6) is -0.791. The summed E-state index contributed by atoms with van der Waals surface area (Å²) in [5.41, 5.74) is 0.547. The van der Waals surface area contributed by atoms with Gasteiger partial charge in [0.15, 0.2) is 0 Å². The lowest BCUT2D eigenvalue weighted by Crippen LogP contribution is -2.33. The van der Waals surface area contributed by atoms with Gasteiger partial charge in [0, 0.05) is 17.6 Å². The molecule has 1 unspecified atom stereocenters. The van der Waals surface area contributed by atoms with Crippen molar-refractivity contribution in [1.29, 1.82) is 0 Å². The Balaban J connectivity index is 2.05. The van der Waals surface area contributed by atoms with Crippen LogP contribution in [-0.2, 0) is 4.79 Å². The summed E-state index contributed by atoms with van der Waals surface area (Å²) in [7, 11) is 1.52. The number of carbonyl (C=O) groups is 2. The summed E-state index contributed by atoms with van der Waals surface area (Å²) in [5, 5.41) is 11.7. The smallest absolute Gasteiger partial charge is 0.321 e. The van der Waals surface area contributed by atoms with Crippen molar-refractivity contribution in [3.05, 3.63) is 22.7 Å². The van der Waals surface area contributed by atoms with E-state index in [1.165, 1.54) is 12.0 Å². The van der Waals surface area contributed by atoms with Gasteiger partial charge in [-0.1, -0.05) is 15.9 Å². The summed E-state index contributed by atoms with van der Waals surface area (Å²) in [4.78, 5) is 24.5. The van der Waals surface area contributed by atoms with Crippen molar-refractivity contribution >= 4 is 33.6 Å². The van der Waals surface area contributed by atoms with E-state index in [1.807, 2.05) is 6.07 Å². The number of nitrogens with zero attached hydrogens (tertiary/aromatic N) is 1. The molecule has 1 fully saturated rings. The summed E-state index contributed by atoms with van der Waals surface area (Å²) in [6.07, 6.45) is 0.484. The van der Waals surface area contributed by atoms with E-state index in [0.717, 1.165) is 4.47 Å². The SMILES string of the molecule is COc1ccc(Br)cc1NC(=O)N1CCC(C(=O)O)C1. The van der Waals surface area contributed by atoms with E-state index in [0.29, 0.717) is 24.4 Å². The minimum Gasteiger partial charge on any atom is -0.495 e. The number of carboxylic acids is 1. The van der Waals surface area contributed by atoms with Crippen LogP contribution in [0.25, 0.3) is 0 Å². The first-order valence-electron chi connectivity index (χ1n) is 6.13. The first-order chi connectivity index (χ1) is 9.51. The number of carboxylic acid groups (broad SMARTS) is 1. The molecule has 2 rings (SSSR count). The monoisotopic (exact) mass is 342 g/mol. The minimum absolute atomic E-state index is 0.234. The van der Waals surface area contributed by atoms with Crippen molar-refractivity contribution in [2.45, 2.75) is 6.42 Å². The average molecular weight is 343 g/mol. The number of hydrogen-bond acceptors (Lipinski definition) is 3. The molecule has 108 valence electrons. The van der Waals surface area contributed by atoms with Crippen molar-refractivity contribution in [3.8, 4) is 5.75 Å². The predicted molar refractivity (Wildman–Crippen MR) is 77.0 cm³/mol. The van der Waals surface area contributed by atoms with Gasteiger partial charge in [-0.15, -0.1) is 0 Å². The average Bonchev–Trinajstić information content (AvgIpc) is 2.89. The Labute approximate surface area is 124 Å². The number of likely N-dealkylation sites (tertiary alicyclic amines) is 1. The molecule has 1 aromatic carbocycles. The normalized spacial score (nSPS) is 17.9. The Morgan fingerprint density at radius 1 is 1.50 bits per heavy atom. The molecular weight excluding hydrogens is 328 g/mol. The molecule has 6 nitrogen and oxygen atoms in total. The van der Waals surface area contributed by atoms with Crippen molar-refractivity contribution in [1.82, 2.24) is 4.90 Å². The van der Waals surface area contributed by atoms with Gasteiger partial charge in [-0.3, -0.25) is 4.79 Å². The van der Waals surface area contributed by atoms with Crippen molar-refractivity contribution < 1.29 is 19.4 Å². The molecule has 20 heavy (non-hydrogen) atoms. The van der Waals surface area contributed by atoms with Crippen LogP contribution in [0.3, 0.4) is 0 Å². The zero-order chi connectivity index (χ0) is 14.7. The number of rotatable bonds is 3. The number of amides is 2. The number of carbonyl (C=O) groups excluding carboxylic acids is 1. The fourth-order valence-corrected chi connectivity index (χ4v) is 2.48.